The van der Waals surface area contributed by atoms with Gasteiger partial charge >= 0.3 is 0 Å². The maximum Gasteiger partial charge on any atom is 0.119 e. The van der Waals surface area contributed by atoms with Crippen LogP contribution in [0.2, 0.25) is 0 Å². The predicted octanol–water partition coefficient (Wildman–Crippen LogP) is 4.30. The number of hydrogen-bond donors (Lipinski definition) is 1. The standard InChI is InChI=1S/C19H24N2O/c1-22-19-7-5-6-16(14-19)15-20-17-8-10-18(11-9-17)21-12-3-2-4-13-21/h5-11,14,20H,2-4,12-13,15H2,1H3. The first-order chi connectivity index (χ1) is 10.8. The van der Waals surface area contributed by atoms with E-state index in [0.29, 0.717) is 0 Å². The van der Waals surface area contributed by atoms with Crippen LogP contribution < -0.4 is 15.0 Å². The summed E-state index contributed by atoms with van der Waals surface area (Å²) >= 11 is 0. The number of rotatable bonds is 5. The lowest BCUT2D eigenvalue weighted by molar-refractivity contribution is 0.414. The SMILES string of the molecule is COc1cccc(CNc2ccc(N3CCCCC3)cc2)c1. The minimum Gasteiger partial charge on any atom is -0.497 e. The highest BCUT2D eigenvalue weighted by Gasteiger charge is 2.10. The fraction of sp³-hybridized carbons (Fsp3) is 0.368. The van der Waals surface area contributed by atoms with Gasteiger partial charge < -0.3 is 15.0 Å². The zero-order valence-electron chi connectivity index (χ0n) is 13.2. The van der Waals surface area contributed by atoms with Gasteiger partial charge in [-0.15, -0.1) is 0 Å². The molecule has 1 N–H and O–H groups in total. The largest absolute Gasteiger partial charge is 0.497 e. The summed E-state index contributed by atoms with van der Waals surface area (Å²) in [5.74, 6) is 0.903. The summed E-state index contributed by atoms with van der Waals surface area (Å²) in [6.07, 6.45) is 4.00. The number of anilines is 2. The van der Waals surface area contributed by atoms with Crippen LogP contribution in [0.15, 0.2) is 48.5 Å². The summed E-state index contributed by atoms with van der Waals surface area (Å²) < 4.78 is 5.26. The molecule has 0 unspecified atom stereocenters. The minimum atomic E-state index is 0.806. The molecule has 0 aliphatic carbocycles. The van der Waals surface area contributed by atoms with E-state index in [1.807, 2.05) is 12.1 Å². The van der Waals surface area contributed by atoms with Crippen molar-refractivity contribution >= 4 is 11.4 Å². The predicted molar refractivity (Wildman–Crippen MR) is 92.8 cm³/mol. The molecular formula is C19H24N2O. The zero-order chi connectivity index (χ0) is 15.2. The topological polar surface area (TPSA) is 24.5 Å². The first-order valence-electron chi connectivity index (χ1n) is 8.07. The van der Waals surface area contributed by atoms with E-state index in [9.17, 15) is 0 Å². The van der Waals surface area contributed by atoms with Crippen LogP contribution in [0.3, 0.4) is 0 Å². The molecule has 0 saturated carbocycles. The lowest BCUT2D eigenvalue weighted by Gasteiger charge is -2.28. The second-order valence-electron chi connectivity index (χ2n) is 5.80. The number of ether oxygens (including phenoxy) is 1. The number of nitrogens with one attached hydrogen (secondary N) is 1. The Kier molecular flexibility index (Phi) is 4.84. The van der Waals surface area contributed by atoms with Crippen LogP contribution in [0.1, 0.15) is 24.8 Å². The van der Waals surface area contributed by atoms with Crippen LogP contribution in [0, 0.1) is 0 Å². The molecule has 0 radical (unpaired) electrons. The summed E-state index contributed by atoms with van der Waals surface area (Å²) in [6, 6.07) is 17.0. The molecule has 1 aliphatic heterocycles. The Labute approximate surface area is 132 Å². The normalized spacial score (nSPS) is 14.7. The van der Waals surface area contributed by atoms with Gasteiger partial charge in [0.15, 0.2) is 0 Å². The van der Waals surface area contributed by atoms with Crippen molar-refractivity contribution in [3.05, 3.63) is 54.1 Å². The molecule has 3 rings (SSSR count). The molecule has 22 heavy (non-hydrogen) atoms. The summed E-state index contributed by atoms with van der Waals surface area (Å²) in [6.45, 7) is 3.19. The molecule has 0 bridgehead atoms. The van der Waals surface area contributed by atoms with Gasteiger partial charge in [-0.2, -0.15) is 0 Å². The molecule has 3 nitrogen and oxygen atoms in total. The summed E-state index contributed by atoms with van der Waals surface area (Å²) in [5.41, 5.74) is 3.72. The molecule has 0 aromatic heterocycles. The van der Waals surface area contributed by atoms with Crippen molar-refractivity contribution in [3.8, 4) is 5.75 Å². The molecule has 1 saturated heterocycles. The Balaban J connectivity index is 1.58. The van der Waals surface area contributed by atoms with Crippen LogP contribution >= 0.6 is 0 Å². The Hall–Kier alpha value is -2.16. The smallest absolute Gasteiger partial charge is 0.119 e. The number of methoxy groups -OCH3 is 1. The molecule has 0 spiro atoms. The molecule has 0 amide bonds. The average Bonchev–Trinajstić information content (AvgIpc) is 2.61. The Morgan fingerprint density at radius 2 is 1.77 bits per heavy atom. The average molecular weight is 296 g/mol. The zero-order valence-corrected chi connectivity index (χ0v) is 13.2. The van der Waals surface area contributed by atoms with E-state index < -0.39 is 0 Å². The van der Waals surface area contributed by atoms with E-state index in [1.54, 1.807) is 7.11 Å². The van der Waals surface area contributed by atoms with Crippen LogP contribution in [0.25, 0.3) is 0 Å². The van der Waals surface area contributed by atoms with Crippen molar-refractivity contribution in [2.75, 3.05) is 30.4 Å². The fourth-order valence-electron chi connectivity index (χ4n) is 2.93. The van der Waals surface area contributed by atoms with Gasteiger partial charge in [0.1, 0.15) is 5.75 Å². The van der Waals surface area contributed by atoms with Crippen LogP contribution in [0.4, 0.5) is 11.4 Å². The van der Waals surface area contributed by atoms with Gasteiger partial charge in [-0.05, 0) is 61.2 Å². The summed E-state index contributed by atoms with van der Waals surface area (Å²) in [4.78, 5) is 2.48. The van der Waals surface area contributed by atoms with Gasteiger partial charge in [0.25, 0.3) is 0 Å². The van der Waals surface area contributed by atoms with E-state index in [0.717, 1.165) is 18.0 Å². The van der Waals surface area contributed by atoms with Crippen molar-refractivity contribution in [1.29, 1.82) is 0 Å². The van der Waals surface area contributed by atoms with Crippen molar-refractivity contribution < 1.29 is 4.74 Å². The fourth-order valence-corrected chi connectivity index (χ4v) is 2.93. The molecule has 1 fully saturated rings. The highest BCUT2D eigenvalue weighted by atomic mass is 16.5. The third-order valence-electron chi connectivity index (χ3n) is 4.22. The molecule has 2 aromatic rings. The first kappa shape index (κ1) is 14.8. The molecule has 3 heteroatoms. The molecule has 116 valence electrons. The highest BCUT2D eigenvalue weighted by Crippen LogP contribution is 2.22. The van der Waals surface area contributed by atoms with Crippen LogP contribution in [0.5, 0.6) is 5.75 Å². The maximum absolute atomic E-state index is 5.26. The van der Waals surface area contributed by atoms with E-state index in [1.165, 1.54) is 43.6 Å². The molecule has 1 aliphatic rings. The van der Waals surface area contributed by atoms with Gasteiger partial charge in [0.05, 0.1) is 7.11 Å². The second-order valence-corrected chi connectivity index (χ2v) is 5.80. The molecule has 2 aromatic carbocycles. The Morgan fingerprint density at radius 1 is 1.00 bits per heavy atom. The van der Waals surface area contributed by atoms with Gasteiger partial charge in [-0.1, -0.05) is 12.1 Å². The third-order valence-corrected chi connectivity index (χ3v) is 4.22. The van der Waals surface area contributed by atoms with Crippen molar-refractivity contribution in [3.63, 3.8) is 0 Å². The lowest BCUT2D eigenvalue weighted by Crippen LogP contribution is -2.29. The monoisotopic (exact) mass is 296 g/mol. The van der Waals surface area contributed by atoms with Gasteiger partial charge in [-0.25, -0.2) is 0 Å². The number of hydrogen-bond acceptors (Lipinski definition) is 3. The summed E-state index contributed by atoms with van der Waals surface area (Å²) in [7, 11) is 1.70. The number of nitrogens with zero attached hydrogens (tertiary/aromatic N) is 1. The number of piperidine rings is 1. The molecular weight excluding hydrogens is 272 g/mol. The van der Waals surface area contributed by atoms with Crippen molar-refractivity contribution in [2.24, 2.45) is 0 Å². The minimum absolute atomic E-state index is 0.806. The summed E-state index contributed by atoms with van der Waals surface area (Å²) in [5, 5.41) is 3.47. The third kappa shape index (κ3) is 3.73. The second kappa shape index (κ2) is 7.21. The Bertz CT molecular complexity index is 589. The van der Waals surface area contributed by atoms with Crippen molar-refractivity contribution in [2.45, 2.75) is 25.8 Å². The maximum atomic E-state index is 5.26. The van der Waals surface area contributed by atoms with E-state index in [-0.39, 0.29) is 0 Å². The number of benzene rings is 2. The van der Waals surface area contributed by atoms with E-state index in [4.69, 9.17) is 4.74 Å². The van der Waals surface area contributed by atoms with Crippen LogP contribution in [-0.2, 0) is 6.54 Å². The van der Waals surface area contributed by atoms with Gasteiger partial charge in [0, 0.05) is 31.0 Å². The molecule has 0 atom stereocenters. The van der Waals surface area contributed by atoms with E-state index >= 15 is 0 Å². The Morgan fingerprint density at radius 3 is 2.50 bits per heavy atom. The van der Waals surface area contributed by atoms with Gasteiger partial charge in [0.2, 0.25) is 0 Å². The van der Waals surface area contributed by atoms with Gasteiger partial charge in [-0.3, -0.25) is 0 Å². The quantitative estimate of drug-likeness (QED) is 0.890. The molecule has 1 heterocycles. The lowest BCUT2D eigenvalue weighted by atomic mass is 10.1. The van der Waals surface area contributed by atoms with Crippen molar-refractivity contribution in [1.82, 2.24) is 0 Å². The highest BCUT2D eigenvalue weighted by molar-refractivity contribution is 5.55. The van der Waals surface area contributed by atoms with E-state index in [2.05, 4.69) is 46.6 Å². The van der Waals surface area contributed by atoms with Crippen LogP contribution in [-0.4, -0.2) is 20.2 Å². The first-order valence-corrected chi connectivity index (χ1v) is 8.07.